The van der Waals surface area contributed by atoms with E-state index in [0.717, 1.165) is 12.5 Å². The highest BCUT2D eigenvalue weighted by molar-refractivity contribution is 7.86. The highest BCUT2D eigenvalue weighted by atomic mass is 32.2. The molecular weight excluding hydrogens is 342 g/mol. The van der Waals surface area contributed by atoms with E-state index in [1.165, 1.54) is 6.92 Å². The van der Waals surface area contributed by atoms with Gasteiger partial charge in [0.05, 0.1) is 25.2 Å². The van der Waals surface area contributed by atoms with E-state index < -0.39 is 57.3 Å². The zero-order valence-corrected chi connectivity index (χ0v) is 13.9. The molecule has 1 aliphatic rings. The molecule has 2 N–H and O–H groups in total. The first-order valence-corrected chi connectivity index (χ1v) is 9.84. The zero-order valence-electron chi connectivity index (χ0n) is 12.3. The van der Waals surface area contributed by atoms with Gasteiger partial charge >= 0.3 is 0 Å². The molecule has 1 fully saturated rings. The fourth-order valence-electron chi connectivity index (χ4n) is 2.00. The van der Waals surface area contributed by atoms with Crippen LogP contribution in [0.5, 0.6) is 0 Å². The maximum atomic E-state index is 11.3. The molecule has 10 nitrogen and oxygen atoms in total. The van der Waals surface area contributed by atoms with Crippen LogP contribution >= 0.6 is 0 Å². The Hall–Kier alpha value is -0.790. The highest BCUT2D eigenvalue weighted by Crippen LogP contribution is 2.24. The van der Waals surface area contributed by atoms with Gasteiger partial charge in [0, 0.05) is 13.3 Å². The molecule has 130 valence electrons. The molecular formula is C10H19NO9S2. The van der Waals surface area contributed by atoms with E-state index in [1.54, 1.807) is 0 Å². The second kappa shape index (κ2) is 7.19. The second-order valence-corrected chi connectivity index (χ2v) is 8.17. The van der Waals surface area contributed by atoms with Crippen LogP contribution in [-0.2, 0) is 38.1 Å². The Morgan fingerprint density at radius 1 is 1.27 bits per heavy atom. The van der Waals surface area contributed by atoms with Gasteiger partial charge in [-0.05, 0) is 0 Å². The first kappa shape index (κ1) is 19.3. The number of carbonyl (C=O) groups excluding carboxylic acids is 1. The van der Waals surface area contributed by atoms with Crippen molar-refractivity contribution in [1.82, 2.24) is 5.32 Å². The summed E-state index contributed by atoms with van der Waals surface area (Å²) < 4.78 is 59.3. The summed E-state index contributed by atoms with van der Waals surface area (Å²) in [4.78, 5) is 11.2. The average molecular weight is 361 g/mol. The van der Waals surface area contributed by atoms with Gasteiger partial charge in [0.15, 0.2) is 6.29 Å². The van der Waals surface area contributed by atoms with Gasteiger partial charge in [-0.25, -0.2) is 0 Å². The third kappa shape index (κ3) is 6.98. The van der Waals surface area contributed by atoms with Crippen LogP contribution < -0.4 is 5.32 Å². The molecule has 0 aliphatic carbocycles. The second-order valence-electron chi connectivity index (χ2n) is 4.93. The van der Waals surface area contributed by atoms with Crippen LogP contribution in [-0.4, -0.2) is 71.5 Å². The number of hydrogen-bond donors (Lipinski definition) is 2. The minimum atomic E-state index is -3.91. The lowest BCUT2D eigenvalue weighted by Crippen LogP contribution is -2.58. The van der Waals surface area contributed by atoms with Gasteiger partial charge in [-0.1, -0.05) is 0 Å². The van der Waals surface area contributed by atoms with Crippen LogP contribution in [0.25, 0.3) is 0 Å². The molecule has 12 heteroatoms. The average Bonchev–Trinajstić information content (AvgIpc) is 2.27. The van der Waals surface area contributed by atoms with Crippen molar-refractivity contribution in [2.24, 2.45) is 0 Å². The summed E-state index contributed by atoms with van der Waals surface area (Å²) in [6.07, 6.45) is -2.27. The molecule has 22 heavy (non-hydrogen) atoms. The van der Waals surface area contributed by atoms with Crippen molar-refractivity contribution in [1.29, 1.82) is 0 Å². The third-order valence-electron chi connectivity index (χ3n) is 2.67. The summed E-state index contributed by atoms with van der Waals surface area (Å²) in [5.74, 6) is -0.469. The molecule has 0 aromatic carbocycles. The van der Waals surface area contributed by atoms with E-state index in [-0.39, 0.29) is 6.42 Å². The molecule has 0 saturated carbocycles. The van der Waals surface area contributed by atoms with Gasteiger partial charge in [0.2, 0.25) is 5.91 Å². The fraction of sp³-hybridized carbons (Fsp3) is 0.900. The lowest BCUT2D eigenvalue weighted by Gasteiger charge is -2.39. The van der Waals surface area contributed by atoms with E-state index in [1.807, 2.05) is 0 Å². The van der Waals surface area contributed by atoms with Crippen molar-refractivity contribution >= 4 is 26.1 Å². The minimum Gasteiger partial charge on any atom is -0.368 e. The van der Waals surface area contributed by atoms with E-state index in [4.69, 9.17) is 8.92 Å². The van der Waals surface area contributed by atoms with Gasteiger partial charge < -0.3 is 15.2 Å². The standard InChI is InChI=1S/C10H19NO9S2/c1-6(12)11-7-4-9(13)19-8(5-18-21(2,14)15)10(7)20-22(3,16)17/h7-10,13H,4-5H2,1-3H3,(H,11,12)/t7-,8-,9+,10+/m1/s1. The molecule has 1 aliphatic heterocycles. The molecule has 0 bridgehead atoms. The molecule has 0 aromatic rings. The third-order valence-corrected chi connectivity index (χ3v) is 3.81. The number of hydrogen-bond acceptors (Lipinski definition) is 9. The Morgan fingerprint density at radius 3 is 2.32 bits per heavy atom. The first-order chi connectivity index (χ1) is 9.87. The number of ether oxygens (including phenoxy) is 1. The van der Waals surface area contributed by atoms with E-state index in [2.05, 4.69) is 9.50 Å². The molecule has 0 radical (unpaired) electrons. The maximum Gasteiger partial charge on any atom is 0.264 e. The van der Waals surface area contributed by atoms with Crippen molar-refractivity contribution in [2.75, 3.05) is 19.1 Å². The quantitative estimate of drug-likeness (QED) is 0.509. The van der Waals surface area contributed by atoms with Crippen molar-refractivity contribution in [3.8, 4) is 0 Å². The monoisotopic (exact) mass is 361 g/mol. The molecule has 0 aromatic heterocycles. The zero-order chi connectivity index (χ0) is 17.1. The highest BCUT2D eigenvalue weighted by Gasteiger charge is 2.42. The Bertz CT molecular complexity index is 600. The number of nitrogens with one attached hydrogen (secondary N) is 1. The molecule has 1 heterocycles. The van der Waals surface area contributed by atoms with Gasteiger partial charge in [-0.2, -0.15) is 16.8 Å². The van der Waals surface area contributed by atoms with Crippen molar-refractivity contribution in [3.05, 3.63) is 0 Å². The van der Waals surface area contributed by atoms with Crippen molar-refractivity contribution < 1.29 is 39.8 Å². The van der Waals surface area contributed by atoms with Crippen molar-refractivity contribution in [2.45, 2.75) is 37.9 Å². The summed E-state index contributed by atoms with van der Waals surface area (Å²) in [5, 5.41) is 12.1. The lowest BCUT2D eigenvalue weighted by atomic mass is 9.99. The maximum absolute atomic E-state index is 11.3. The first-order valence-electron chi connectivity index (χ1n) is 6.20. The number of amides is 1. The minimum absolute atomic E-state index is 0.116. The van der Waals surface area contributed by atoms with Gasteiger partial charge in [-0.15, -0.1) is 0 Å². The van der Waals surface area contributed by atoms with Crippen LogP contribution in [0.15, 0.2) is 0 Å². The smallest absolute Gasteiger partial charge is 0.264 e. The summed E-state index contributed by atoms with van der Waals surface area (Å²) in [6, 6.07) is -0.885. The Kier molecular flexibility index (Phi) is 6.29. The number of carbonyl (C=O) groups is 1. The van der Waals surface area contributed by atoms with Crippen LogP contribution in [0.1, 0.15) is 13.3 Å². The largest absolute Gasteiger partial charge is 0.368 e. The predicted octanol–water partition coefficient (Wildman–Crippen LogP) is -2.08. The van der Waals surface area contributed by atoms with Crippen LogP contribution in [0, 0.1) is 0 Å². The number of rotatable bonds is 6. The van der Waals surface area contributed by atoms with Gasteiger partial charge in [-0.3, -0.25) is 13.2 Å². The lowest BCUT2D eigenvalue weighted by molar-refractivity contribution is -0.208. The van der Waals surface area contributed by atoms with Gasteiger partial charge in [0.1, 0.15) is 12.2 Å². The molecule has 4 atom stereocenters. The molecule has 1 saturated heterocycles. The summed E-state index contributed by atoms with van der Waals surface area (Å²) in [7, 11) is -7.72. The fourth-order valence-corrected chi connectivity index (χ4v) is 3.05. The molecule has 0 spiro atoms. The van der Waals surface area contributed by atoms with Crippen LogP contribution in [0.4, 0.5) is 0 Å². The van der Waals surface area contributed by atoms with E-state index in [0.29, 0.717) is 0 Å². The molecule has 0 unspecified atom stereocenters. The van der Waals surface area contributed by atoms with Crippen LogP contribution in [0.3, 0.4) is 0 Å². The normalized spacial score (nSPS) is 30.0. The van der Waals surface area contributed by atoms with Crippen LogP contribution in [0.2, 0.25) is 0 Å². The Balaban J connectivity index is 2.98. The van der Waals surface area contributed by atoms with Gasteiger partial charge in [0.25, 0.3) is 20.2 Å². The topological polar surface area (TPSA) is 145 Å². The molecule has 1 amide bonds. The SMILES string of the molecule is CC(=O)N[C@@H]1C[C@@H](O)O[C@H](COS(C)(=O)=O)[C@H]1OS(C)(=O)=O. The number of aliphatic hydroxyl groups excluding tert-OH is 1. The summed E-state index contributed by atoms with van der Waals surface area (Å²) in [5.41, 5.74) is 0. The van der Waals surface area contributed by atoms with E-state index >= 15 is 0 Å². The van der Waals surface area contributed by atoms with Crippen molar-refractivity contribution in [3.63, 3.8) is 0 Å². The Labute approximate surface area is 129 Å². The number of aliphatic hydroxyl groups is 1. The van der Waals surface area contributed by atoms with E-state index in [9.17, 15) is 26.7 Å². The summed E-state index contributed by atoms with van der Waals surface area (Å²) >= 11 is 0. The molecule has 1 rings (SSSR count). The Morgan fingerprint density at radius 2 is 1.86 bits per heavy atom. The summed E-state index contributed by atoms with van der Waals surface area (Å²) in [6.45, 7) is 0.646. The predicted molar refractivity (Wildman–Crippen MR) is 73.6 cm³/mol.